The first-order valence-electron chi connectivity index (χ1n) is 5.38. The zero-order valence-corrected chi connectivity index (χ0v) is 10.7. The molecule has 1 atom stereocenters. The van der Waals surface area contributed by atoms with Gasteiger partial charge in [0.1, 0.15) is 11.9 Å². The second kappa shape index (κ2) is 5.07. The highest BCUT2D eigenvalue weighted by Gasteiger charge is 2.23. The smallest absolute Gasteiger partial charge is 0.408 e. The van der Waals surface area contributed by atoms with E-state index in [1.807, 2.05) is 0 Å². The first kappa shape index (κ1) is 14.0. The van der Waals surface area contributed by atoms with E-state index in [1.54, 1.807) is 27.7 Å². The number of carbonyl (C=O) groups is 2. The van der Waals surface area contributed by atoms with Crippen LogP contribution in [0.5, 0.6) is 0 Å². The molecule has 0 aromatic carbocycles. The molecule has 100 valence electrons. The fraction of sp³-hybridized carbons (Fsp3) is 0.545. The molecule has 0 saturated carbocycles. The van der Waals surface area contributed by atoms with E-state index in [2.05, 4.69) is 15.0 Å². The van der Waals surface area contributed by atoms with E-state index in [0.29, 0.717) is 0 Å². The van der Waals surface area contributed by atoms with Crippen LogP contribution in [-0.4, -0.2) is 27.9 Å². The van der Waals surface area contributed by atoms with Crippen molar-refractivity contribution in [2.75, 3.05) is 0 Å². The fourth-order valence-electron chi connectivity index (χ4n) is 1.28. The van der Waals surface area contributed by atoms with Gasteiger partial charge in [0.15, 0.2) is 5.69 Å². The molecule has 0 aliphatic heterocycles. The number of hydrogen-bond donors (Lipinski definition) is 2. The van der Waals surface area contributed by atoms with Crippen molar-refractivity contribution in [3.8, 4) is 0 Å². The Labute approximate surface area is 104 Å². The van der Waals surface area contributed by atoms with Crippen molar-refractivity contribution in [3.05, 3.63) is 17.5 Å². The van der Waals surface area contributed by atoms with Crippen molar-refractivity contribution in [2.24, 2.45) is 0 Å². The summed E-state index contributed by atoms with van der Waals surface area (Å²) in [7, 11) is 0. The molecular weight excluding hydrogens is 240 g/mol. The van der Waals surface area contributed by atoms with Crippen LogP contribution in [0.1, 0.15) is 49.8 Å². The number of aromatic carboxylic acids is 1. The Kier molecular flexibility index (Phi) is 3.95. The third-order valence-corrected chi connectivity index (χ3v) is 2.00. The molecule has 0 fully saturated rings. The Morgan fingerprint density at radius 1 is 1.50 bits per heavy atom. The van der Waals surface area contributed by atoms with Gasteiger partial charge in [0, 0.05) is 5.56 Å². The number of amides is 1. The highest BCUT2D eigenvalue weighted by molar-refractivity contribution is 5.87. The minimum Gasteiger partial charge on any atom is -0.476 e. The Balaban J connectivity index is 2.71. The lowest BCUT2D eigenvalue weighted by Crippen LogP contribution is -2.34. The van der Waals surface area contributed by atoms with Gasteiger partial charge in [-0.05, 0) is 27.7 Å². The third-order valence-electron chi connectivity index (χ3n) is 2.00. The molecule has 0 bridgehead atoms. The summed E-state index contributed by atoms with van der Waals surface area (Å²) in [5.41, 5.74) is -0.555. The van der Waals surface area contributed by atoms with Crippen LogP contribution in [0.3, 0.4) is 0 Å². The molecule has 1 aromatic heterocycles. The maximum Gasteiger partial charge on any atom is 0.408 e. The molecular formula is C11H16N2O5. The number of hydrogen-bond acceptors (Lipinski definition) is 5. The molecule has 1 heterocycles. The van der Waals surface area contributed by atoms with E-state index in [9.17, 15) is 9.59 Å². The number of carboxylic acids is 1. The molecule has 18 heavy (non-hydrogen) atoms. The first-order chi connectivity index (χ1) is 8.20. The number of nitrogens with one attached hydrogen (secondary N) is 1. The number of rotatable bonds is 3. The van der Waals surface area contributed by atoms with E-state index in [-0.39, 0.29) is 11.3 Å². The zero-order chi connectivity index (χ0) is 13.9. The van der Waals surface area contributed by atoms with Gasteiger partial charge < -0.3 is 19.7 Å². The van der Waals surface area contributed by atoms with Crippen molar-refractivity contribution in [1.82, 2.24) is 10.5 Å². The largest absolute Gasteiger partial charge is 0.476 e. The topological polar surface area (TPSA) is 102 Å². The maximum atomic E-state index is 11.5. The molecule has 2 N–H and O–H groups in total. The molecule has 1 aromatic rings. The average Bonchev–Trinajstić information content (AvgIpc) is 2.61. The summed E-state index contributed by atoms with van der Waals surface area (Å²) >= 11 is 0. The van der Waals surface area contributed by atoms with Crippen LogP contribution in [0.4, 0.5) is 4.79 Å². The number of carboxylic acid groups (broad SMARTS) is 1. The molecule has 7 nitrogen and oxygen atoms in total. The zero-order valence-electron chi connectivity index (χ0n) is 10.7. The fourth-order valence-corrected chi connectivity index (χ4v) is 1.28. The van der Waals surface area contributed by atoms with E-state index < -0.39 is 23.7 Å². The summed E-state index contributed by atoms with van der Waals surface area (Å²) in [5, 5.41) is 14.7. The molecule has 0 aliphatic carbocycles. The first-order valence-corrected chi connectivity index (χ1v) is 5.38. The molecule has 7 heteroatoms. The summed E-state index contributed by atoms with van der Waals surface area (Å²) in [4.78, 5) is 22.3. The van der Waals surface area contributed by atoms with Gasteiger partial charge >= 0.3 is 12.1 Å². The third kappa shape index (κ3) is 3.76. The van der Waals surface area contributed by atoms with Crippen LogP contribution >= 0.6 is 0 Å². The van der Waals surface area contributed by atoms with E-state index in [0.717, 1.165) is 0 Å². The van der Waals surface area contributed by atoms with Gasteiger partial charge in [-0.25, -0.2) is 9.59 Å². The Hall–Kier alpha value is -2.05. The summed E-state index contributed by atoms with van der Waals surface area (Å²) in [6.45, 7) is 6.82. The van der Waals surface area contributed by atoms with E-state index in [4.69, 9.17) is 9.84 Å². The van der Waals surface area contributed by atoms with Crippen molar-refractivity contribution in [3.63, 3.8) is 0 Å². The normalized spacial score (nSPS) is 12.9. The van der Waals surface area contributed by atoms with Crippen LogP contribution in [-0.2, 0) is 4.74 Å². The SMILES string of the molecule is CC(NC(=O)OC(C)(C)C)c1conc1C(=O)O. The second-order valence-corrected chi connectivity index (χ2v) is 4.79. The second-order valence-electron chi connectivity index (χ2n) is 4.79. The number of nitrogens with zero attached hydrogens (tertiary/aromatic N) is 1. The van der Waals surface area contributed by atoms with Crippen LogP contribution in [0.15, 0.2) is 10.8 Å². The highest BCUT2D eigenvalue weighted by atomic mass is 16.6. The standard InChI is InChI=1S/C11H16N2O5/c1-6(12-10(16)18-11(2,3)4)7-5-17-13-8(7)9(14)15/h5-6H,1-4H3,(H,12,16)(H,14,15). The van der Waals surface area contributed by atoms with Crippen molar-refractivity contribution >= 4 is 12.1 Å². The van der Waals surface area contributed by atoms with Crippen molar-refractivity contribution in [1.29, 1.82) is 0 Å². The highest BCUT2D eigenvalue weighted by Crippen LogP contribution is 2.17. The van der Waals surface area contributed by atoms with E-state index in [1.165, 1.54) is 6.26 Å². The Morgan fingerprint density at radius 2 is 2.11 bits per heavy atom. The van der Waals surface area contributed by atoms with Crippen LogP contribution < -0.4 is 5.32 Å². The maximum absolute atomic E-state index is 11.5. The van der Waals surface area contributed by atoms with Crippen LogP contribution in [0.25, 0.3) is 0 Å². The Morgan fingerprint density at radius 3 is 2.61 bits per heavy atom. The molecule has 1 rings (SSSR count). The van der Waals surface area contributed by atoms with Gasteiger partial charge in [0.25, 0.3) is 0 Å². The number of ether oxygens (including phenoxy) is 1. The lowest BCUT2D eigenvalue weighted by Gasteiger charge is -2.21. The monoisotopic (exact) mass is 256 g/mol. The van der Waals surface area contributed by atoms with Gasteiger partial charge in [0.05, 0.1) is 6.04 Å². The van der Waals surface area contributed by atoms with E-state index >= 15 is 0 Å². The molecule has 0 spiro atoms. The Bertz CT molecular complexity index is 447. The molecule has 0 saturated heterocycles. The van der Waals surface area contributed by atoms with Gasteiger partial charge in [-0.1, -0.05) is 5.16 Å². The predicted molar refractivity (Wildman–Crippen MR) is 61.2 cm³/mol. The number of alkyl carbamates (subject to hydrolysis) is 1. The minimum atomic E-state index is -1.21. The van der Waals surface area contributed by atoms with Gasteiger partial charge in [-0.2, -0.15) is 0 Å². The molecule has 1 amide bonds. The number of carbonyl (C=O) groups excluding carboxylic acids is 1. The summed E-state index contributed by atoms with van der Waals surface area (Å²) in [5.74, 6) is -1.21. The van der Waals surface area contributed by atoms with Crippen LogP contribution in [0.2, 0.25) is 0 Å². The van der Waals surface area contributed by atoms with Gasteiger partial charge in [0.2, 0.25) is 0 Å². The average molecular weight is 256 g/mol. The lowest BCUT2D eigenvalue weighted by atomic mass is 10.1. The quantitative estimate of drug-likeness (QED) is 0.857. The summed E-state index contributed by atoms with van der Waals surface area (Å²) < 4.78 is 9.65. The van der Waals surface area contributed by atoms with Gasteiger partial charge in [-0.3, -0.25) is 0 Å². The number of aromatic nitrogens is 1. The minimum absolute atomic E-state index is 0.224. The van der Waals surface area contributed by atoms with Crippen molar-refractivity contribution < 1.29 is 24.0 Å². The lowest BCUT2D eigenvalue weighted by molar-refractivity contribution is 0.0504. The molecule has 0 radical (unpaired) electrons. The van der Waals surface area contributed by atoms with Gasteiger partial charge in [-0.15, -0.1) is 0 Å². The van der Waals surface area contributed by atoms with Crippen molar-refractivity contribution in [2.45, 2.75) is 39.3 Å². The van der Waals surface area contributed by atoms with Crippen LogP contribution in [0, 0.1) is 0 Å². The predicted octanol–water partition coefficient (Wildman–Crippen LogP) is 1.96. The molecule has 0 aliphatic rings. The molecule has 1 unspecified atom stereocenters. The summed E-state index contributed by atoms with van der Waals surface area (Å²) in [6, 6.07) is -0.572. The summed E-state index contributed by atoms with van der Waals surface area (Å²) in [6.07, 6.45) is 0.554.